The third kappa shape index (κ3) is 12.5. The lowest BCUT2D eigenvalue weighted by Crippen LogP contribution is -2.21. The Bertz CT molecular complexity index is 1370. The summed E-state index contributed by atoms with van der Waals surface area (Å²) in [6.07, 6.45) is -7.06. The van der Waals surface area contributed by atoms with Crippen molar-refractivity contribution in [3.8, 4) is 11.1 Å². The molecule has 42 heavy (non-hydrogen) atoms. The Morgan fingerprint density at radius 3 is 1.48 bits per heavy atom. The van der Waals surface area contributed by atoms with Gasteiger partial charge in [-0.15, -0.1) is 0 Å². The summed E-state index contributed by atoms with van der Waals surface area (Å²) in [7, 11) is 0. The fourth-order valence-corrected chi connectivity index (χ4v) is 2.70. The van der Waals surface area contributed by atoms with Crippen molar-refractivity contribution in [3.05, 3.63) is 83.9 Å². The van der Waals surface area contributed by atoms with E-state index in [-0.39, 0.29) is 6.03 Å². The lowest BCUT2D eigenvalue weighted by atomic mass is 10.0. The standard InChI is InChI=1S/C21H20N6O.2C2HF3O2/c22-24-13-15-5-9-17(10-6-15)19-3-1-2-4-20(19)27-21(28)26-18-11-7-16(8-12-18)14-25-23;2*3-2(4,5)1(6)7/h1-14H,22-23H2,(H2,26,27,28);2*(H,6,7). The van der Waals surface area contributed by atoms with E-state index in [9.17, 15) is 31.1 Å². The SMILES string of the molecule is NN=Cc1ccc(NC(=O)Nc2ccccc2-c2ccc(C=NN)cc2)cc1.O=C(O)C(F)(F)F.O=C(O)C(F)(F)F. The molecule has 11 nitrogen and oxygen atoms in total. The highest BCUT2D eigenvalue weighted by Crippen LogP contribution is 2.28. The fraction of sp³-hybridized carbons (Fsp3) is 0.0800. The number of amides is 2. The molecular weight excluding hydrogens is 578 g/mol. The van der Waals surface area contributed by atoms with Gasteiger partial charge in [-0.1, -0.05) is 54.6 Å². The average molecular weight is 600 g/mol. The molecule has 0 aliphatic heterocycles. The zero-order valence-corrected chi connectivity index (χ0v) is 21.0. The van der Waals surface area contributed by atoms with Gasteiger partial charge in [-0.2, -0.15) is 36.5 Å². The van der Waals surface area contributed by atoms with E-state index in [4.69, 9.17) is 31.5 Å². The molecule has 0 aliphatic carbocycles. The summed E-state index contributed by atoms with van der Waals surface area (Å²) in [5.74, 6) is 4.79. The second-order valence-electron chi connectivity index (χ2n) is 7.53. The van der Waals surface area contributed by atoms with Crippen LogP contribution in [0.25, 0.3) is 11.1 Å². The van der Waals surface area contributed by atoms with Crippen LogP contribution in [0.4, 0.5) is 42.5 Å². The monoisotopic (exact) mass is 600 g/mol. The van der Waals surface area contributed by atoms with E-state index in [0.29, 0.717) is 11.4 Å². The van der Waals surface area contributed by atoms with Crippen molar-refractivity contribution in [2.45, 2.75) is 12.4 Å². The van der Waals surface area contributed by atoms with Crippen LogP contribution in [0.3, 0.4) is 0 Å². The van der Waals surface area contributed by atoms with Crippen molar-refractivity contribution < 1.29 is 50.9 Å². The molecule has 3 aromatic rings. The number of carboxylic acid groups (broad SMARTS) is 2. The Morgan fingerprint density at radius 2 is 1.07 bits per heavy atom. The lowest BCUT2D eigenvalue weighted by molar-refractivity contribution is -0.193. The van der Waals surface area contributed by atoms with Gasteiger partial charge in [0.25, 0.3) is 0 Å². The van der Waals surface area contributed by atoms with Gasteiger partial charge in [-0.05, 0) is 34.9 Å². The Hall–Kier alpha value is -5.61. The maximum absolute atomic E-state index is 12.4. The molecule has 224 valence electrons. The molecule has 0 atom stereocenters. The summed E-state index contributed by atoms with van der Waals surface area (Å²) in [5.41, 5.74) is 4.99. The third-order valence-corrected chi connectivity index (χ3v) is 4.50. The zero-order valence-electron chi connectivity index (χ0n) is 21.0. The zero-order chi connectivity index (χ0) is 31.9. The predicted molar refractivity (Wildman–Crippen MR) is 142 cm³/mol. The number of carbonyl (C=O) groups excluding carboxylic acids is 1. The van der Waals surface area contributed by atoms with Gasteiger partial charge >= 0.3 is 30.3 Å². The topological polar surface area (TPSA) is 192 Å². The number of aliphatic carboxylic acids is 2. The number of benzene rings is 3. The minimum atomic E-state index is -5.08. The van der Waals surface area contributed by atoms with Crippen molar-refractivity contribution in [1.82, 2.24) is 0 Å². The van der Waals surface area contributed by atoms with E-state index in [1.54, 1.807) is 18.3 Å². The van der Waals surface area contributed by atoms with Gasteiger partial charge < -0.3 is 32.5 Å². The molecule has 0 saturated carbocycles. The molecular formula is C25H22F6N6O5. The number of nitrogens with zero attached hydrogens (tertiary/aromatic N) is 2. The van der Waals surface area contributed by atoms with Crippen molar-refractivity contribution in [2.75, 3.05) is 10.6 Å². The second kappa shape index (κ2) is 15.8. The number of hydrogen-bond acceptors (Lipinski definition) is 7. The van der Waals surface area contributed by atoms with E-state index in [2.05, 4.69) is 20.8 Å². The number of carbonyl (C=O) groups is 3. The molecule has 3 aromatic carbocycles. The van der Waals surface area contributed by atoms with Gasteiger partial charge in [0.1, 0.15) is 0 Å². The number of halogens is 6. The first-order valence-electron chi connectivity index (χ1n) is 11.0. The molecule has 2 amide bonds. The maximum atomic E-state index is 12.4. The molecule has 0 radical (unpaired) electrons. The quantitative estimate of drug-likeness (QED) is 0.104. The number of rotatable bonds is 5. The summed E-state index contributed by atoms with van der Waals surface area (Å²) >= 11 is 0. The van der Waals surface area contributed by atoms with Gasteiger partial charge in [-0.3, -0.25) is 0 Å². The summed E-state index contributed by atoms with van der Waals surface area (Å²) < 4.78 is 63.5. The second-order valence-corrected chi connectivity index (χ2v) is 7.53. The van der Waals surface area contributed by atoms with Crippen LogP contribution in [0.5, 0.6) is 0 Å². The molecule has 17 heteroatoms. The van der Waals surface area contributed by atoms with Gasteiger partial charge in [0.05, 0.1) is 18.1 Å². The van der Waals surface area contributed by atoms with Crippen molar-refractivity contribution in [3.63, 3.8) is 0 Å². The molecule has 0 heterocycles. The Labute approximate surface area is 233 Å². The van der Waals surface area contributed by atoms with E-state index >= 15 is 0 Å². The number of para-hydroxylation sites is 1. The maximum Gasteiger partial charge on any atom is 0.490 e. The van der Waals surface area contributed by atoms with E-state index in [0.717, 1.165) is 22.3 Å². The fourth-order valence-electron chi connectivity index (χ4n) is 2.70. The van der Waals surface area contributed by atoms with Gasteiger partial charge in [0.15, 0.2) is 0 Å². The van der Waals surface area contributed by atoms with E-state index in [1.165, 1.54) is 6.21 Å². The van der Waals surface area contributed by atoms with Gasteiger partial charge in [-0.25, -0.2) is 14.4 Å². The minimum Gasteiger partial charge on any atom is -0.475 e. The third-order valence-electron chi connectivity index (χ3n) is 4.50. The number of carboxylic acids is 2. The van der Waals surface area contributed by atoms with Crippen LogP contribution in [-0.4, -0.2) is 53.0 Å². The number of alkyl halides is 6. The minimum absolute atomic E-state index is 0.334. The van der Waals surface area contributed by atoms with Crippen LogP contribution in [0, 0.1) is 0 Å². The van der Waals surface area contributed by atoms with Crippen LogP contribution in [0.2, 0.25) is 0 Å². The van der Waals surface area contributed by atoms with Crippen LogP contribution in [0.1, 0.15) is 11.1 Å². The number of hydrazone groups is 2. The van der Waals surface area contributed by atoms with Gasteiger partial charge in [0.2, 0.25) is 0 Å². The number of urea groups is 1. The molecule has 0 spiro atoms. The van der Waals surface area contributed by atoms with E-state index < -0.39 is 24.3 Å². The molecule has 3 rings (SSSR count). The Kier molecular flexibility index (Phi) is 13.0. The summed E-state index contributed by atoms with van der Waals surface area (Å²) in [4.78, 5) is 30.2. The first-order chi connectivity index (χ1) is 19.6. The van der Waals surface area contributed by atoms with Gasteiger partial charge in [0, 0.05) is 11.3 Å². The Morgan fingerprint density at radius 1 is 0.667 bits per heavy atom. The molecule has 0 aromatic heterocycles. The number of nitrogens with one attached hydrogen (secondary N) is 2. The molecule has 0 unspecified atom stereocenters. The highest BCUT2D eigenvalue weighted by Gasteiger charge is 2.38. The van der Waals surface area contributed by atoms with Crippen molar-refractivity contribution >= 4 is 41.8 Å². The summed E-state index contributed by atoms with van der Waals surface area (Å²) in [6, 6.07) is 22.2. The first kappa shape index (κ1) is 34.4. The normalized spacial score (nSPS) is 11.1. The average Bonchev–Trinajstić information content (AvgIpc) is 2.91. The predicted octanol–water partition coefficient (Wildman–Crippen LogP) is 4.85. The molecule has 0 aliphatic rings. The highest BCUT2D eigenvalue weighted by atomic mass is 19.4. The van der Waals surface area contributed by atoms with Crippen LogP contribution < -0.4 is 22.3 Å². The molecule has 0 saturated heterocycles. The largest absolute Gasteiger partial charge is 0.490 e. The molecule has 0 bridgehead atoms. The Balaban J connectivity index is 0.000000522. The summed E-state index contributed by atoms with van der Waals surface area (Å²) in [5, 5.41) is 26.9. The summed E-state index contributed by atoms with van der Waals surface area (Å²) in [6.45, 7) is 0. The number of hydrogen-bond donors (Lipinski definition) is 6. The first-order valence-corrected chi connectivity index (χ1v) is 11.0. The van der Waals surface area contributed by atoms with Crippen LogP contribution in [0.15, 0.2) is 83.0 Å². The van der Waals surface area contributed by atoms with Crippen molar-refractivity contribution in [1.29, 1.82) is 0 Å². The smallest absolute Gasteiger partial charge is 0.475 e. The highest BCUT2D eigenvalue weighted by molar-refractivity contribution is 6.02. The van der Waals surface area contributed by atoms with Crippen LogP contribution in [-0.2, 0) is 9.59 Å². The number of nitrogens with two attached hydrogens (primary N) is 2. The molecule has 8 N–H and O–H groups in total. The van der Waals surface area contributed by atoms with Crippen LogP contribution >= 0.6 is 0 Å². The lowest BCUT2D eigenvalue weighted by Gasteiger charge is -2.12. The molecule has 0 fully saturated rings. The van der Waals surface area contributed by atoms with Crippen molar-refractivity contribution in [2.24, 2.45) is 21.9 Å². The number of anilines is 2. The van der Waals surface area contributed by atoms with E-state index in [1.807, 2.05) is 60.7 Å².